The lowest BCUT2D eigenvalue weighted by Crippen LogP contribution is -2.10. The van der Waals surface area contributed by atoms with Gasteiger partial charge in [0.05, 0.1) is 30.2 Å². The Morgan fingerprint density at radius 3 is 2.41 bits per heavy atom. The maximum absolute atomic E-state index is 12.5. The lowest BCUT2D eigenvalue weighted by Gasteiger charge is -2.14. The number of nitrogens with zero attached hydrogens (tertiary/aromatic N) is 3. The smallest absolute Gasteiger partial charge is 0.357 e. The highest BCUT2D eigenvalue weighted by Crippen LogP contribution is 2.34. The molecular weight excluding hydrogens is 424 g/mol. The minimum atomic E-state index is -0.454. The van der Waals surface area contributed by atoms with E-state index in [1.807, 2.05) is 79.7 Å². The summed E-state index contributed by atoms with van der Waals surface area (Å²) in [6.45, 7) is 5.11. The largest absolute Gasteiger partial charge is 0.461 e. The Morgan fingerprint density at radius 2 is 1.71 bits per heavy atom. The van der Waals surface area contributed by atoms with Crippen LogP contribution in [0.5, 0.6) is 0 Å². The molecule has 0 atom stereocenters. The van der Waals surface area contributed by atoms with Gasteiger partial charge in [-0.25, -0.2) is 14.8 Å². The Bertz CT molecular complexity index is 1350. The van der Waals surface area contributed by atoms with Crippen molar-refractivity contribution in [2.45, 2.75) is 26.9 Å². The summed E-state index contributed by atoms with van der Waals surface area (Å²) in [5.41, 5.74) is 4.12. The average molecular weight is 451 g/mol. The van der Waals surface area contributed by atoms with Crippen LogP contribution in [0.25, 0.3) is 10.8 Å². The van der Waals surface area contributed by atoms with Gasteiger partial charge in [0.1, 0.15) is 5.82 Å². The van der Waals surface area contributed by atoms with Crippen molar-refractivity contribution in [3.05, 3.63) is 101 Å². The highest BCUT2D eigenvalue weighted by Gasteiger charge is 2.17. The molecule has 0 aliphatic carbocycles. The second-order valence-electron chi connectivity index (χ2n) is 7.75. The quantitative estimate of drug-likeness (QED) is 0.251. The fourth-order valence-electron chi connectivity index (χ4n) is 3.60. The fourth-order valence-corrected chi connectivity index (χ4v) is 3.60. The summed E-state index contributed by atoms with van der Waals surface area (Å²) in [5.74, 6) is 0.113. The van der Waals surface area contributed by atoms with Crippen molar-refractivity contribution >= 4 is 34.3 Å². The molecule has 34 heavy (non-hydrogen) atoms. The van der Waals surface area contributed by atoms with Crippen LogP contribution in [0.1, 0.15) is 34.1 Å². The van der Waals surface area contributed by atoms with Crippen molar-refractivity contribution in [3.63, 3.8) is 0 Å². The van der Waals surface area contributed by atoms with Crippen molar-refractivity contribution in [1.82, 2.24) is 4.98 Å². The van der Waals surface area contributed by atoms with E-state index in [4.69, 9.17) is 4.74 Å². The first-order valence-corrected chi connectivity index (χ1v) is 11.2. The number of carbonyl (C=O) groups is 1. The molecule has 0 fully saturated rings. The molecule has 1 aromatic heterocycles. The zero-order valence-electron chi connectivity index (χ0n) is 19.3. The van der Waals surface area contributed by atoms with Gasteiger partial charge in [0.15, 0.2) is 5.69 Å². The van der Waals surface area contributed by atoms with E-state index in [9.17, 15) is 4.79 Å². The van der Waals surface area contributed by atoms with Crippen LogP contribution in [0.2, 0.25) is 0 Å². The maximum atomic E-state index is 12.5. The molecule has 0 spiro atoms. The van der Waals surface area contributed by atoms with E-state index in [0.29, 0.717) is 24.6 Å². The number of aliphatic imine (C=N–C) groups is 2. The highest BCUT2D eigenvalue weighted by molar-refractivity contribution is 6.05. The van der Waals surface area contributed by atoms with Crippen molar-refractivity contribution in [3.8, 4) is 0 Å². The number of rotatable bonds is 8. The maximum Gasteiger partial charge on any atom is 0.357 e. The lowest BCUT2D eigenvalue weighted by molar-refractivity contribution is 0.0520. The molecule has 0 aliphatic rings. The zero-order valence-corrected chi connectivity index (χ0v) is 19.3. The van der Waals surface area contributed by atoms with Crippen LogP contribution in [-0.2, 0) is 17.8 Å². The molecular formula is C28H26N4O2. The Labute approximate surface area is 199 Å². The third-order valence-corrected chi connectivity index (χ3v) is 5.32. The molecule has 0 radical (unpaired) electrons. The van der Waals surface area contributed by atoms with Gasteiger partial charge in [-0.15, -0.1) is 0 Å². The lowest BCUT2D eigenvalue weighted by atomic mass is 10.0. The molecule has 6 heteroatoms. The predicted molar refractivity (Wildman–Crippen MR) is 136 cm³/mol. The first-order valence-electron chi connectivity index (χ1n) is 11.2. The van der Waals surface area contributed by atoms with Crippen molar-refractivity contribution in [1.29, 1.82) is 0 Å². The molecule has 0 aliphatic heterocycles. The van der Waals surface area contributed by atoms with E-state index in [-0.39, 0.29) is 12.3 Å². The number of hydrogen-bond donors (Lipinski definition) is 1. The Hall–Kier alpha value is -4.28. The fraction of sp³-hybridized carbons (Fsp3) is 0.179. The van der Waals surface area contributed by atoms with Gasteiger partial charge in [0.2, 0.25) is 0 Å². The number of nitrogens with one attached hydrogen (secondary N) is 1. The number of anilines is 1. The third-order valence-electron chi connectivity index (χ3n) is 5.32. The van der Waals surface area contributed by atoms with E-state index < -0.39 is 5.97 Å². The first-order chi connectivity index (χ1) is 16.7. The summed E-state index contributed by atoms with van der Waals surface area (Å²) in [5, 5.41) is 5.07. The van der Waals surface area contributed by atoms with Crippen LogP contribution in [0.3, 0.4) is 0 Å². The summed E-state index contributed by atoms with van der Waals surface area (Å²) in [6.07, 6.45) is 0. The van der Waals surface area contributed by atoms with Gasteiger partial charge < -0.3 is 10.1 Å². The molecule has 4 rings (SSSR count). The van der Waals surface area contributed by atoms with Crippen LogP contribution in [0, 0.1) is 6.92 Å². The monoisotopic (exact) mass is 450 g/mol. The van der Waals surface area contributed by atoms with Gasteiger partial charge in [-0.2, -0.15) is 4.99 Å². The number of aryl methyl sites for hydroxylation is 1. The van der Waals surface area contributed by atoms with E-state index in [1.165, 1.54) is 0 Å². The normalized spacial score (nSPS) is 10.4. The summed E-state index contributed by atoms with van der Waals surface area (Å²) < 4.78 is 5.21. The number of esters is 1. The summed E-state index contributed by atoms with van der Waals surface area (Å²) in [6, 6.07) is 28.4. The van der Waals surface area contributed by atoms with Crippen LogP contribution >= 0.6 is 0 Å². The third kappa shape index (κ3) is 5.55. The van der Waals surface area contributed by atoms with Crippen molar-refractivity contribution in [2.24, 2.45) is 9.98 Å². The molecule has 0 saturated carbocycles. The molecule has 170 valence electrons. The Balaban J connectivity index is 1.75. The van der Waals surface area contributed by atoms with Crippen LogP contribution in [0.15, 0.2) is 88.8 Å². The molecule has 0 saturated heterocycles. The van der Waals surface area contributed by atoms with Crippen molar-refractivity contribution in [2.75, 3.05) is 11.9 Å². The predicted octanol–water partition coefficient (Wildman–Crippen LogP) is 6.34. The number of carbonyl (C=O) groups excluding carboxylic acids is 1. The van der Waals surface area contributed by atoms with E-state index in [1.54, 1.807) is 13.0 Å². The van der Waals surface area contributed by atoms with Gasteiger partial charge in [0.25, 0.3) is 0 Å². The Morgan fingerprint density at radius 1 is 1.00 bits per heavy atom. The molecule has 1 N–H and O–H groups in total. The molecule has 3 aromatic carbocycles. The van der Waals surface area contributed by atoms with Crippen molar-refractivity contribution < 1.29 is 9.53 Å². The Kier molecular flexibility index (Phi) is 7.43. The van der Waals surface area contributed by atoms with Crippen LogP contribution in [-0.4, -0.2) is 23.6 Å². The van der Waals surface area contributed by atoms with Gasteiger partial charge in [-0.1, -0.05) is 66.7 Å². The molecule has 1 heterocycles. The molecule has 0 unspecified atom stereocenters. The van der Waals surface area contributed by atoms with E-state index >= 15 is 0 Å². The molecule has 6 nitrogen and oxygen atoms in total. The van der Waals surface area contributed by atoms with Crippen LogP contribution in [0.4, 0.5) is 11.5 Å². The number of pyridine rings is 1. The summed E-state index contributed by atoms with van der Waals surface area (Å²) >= 11 is 0. The van der Waals surface area contributed by atoms with E-state index in [2.05, 4.69) is 26.3 Å². The molecule has 0 bridgehead atoms. The average Bonchev–Trinajstić information content (AvgIpc) is 2.87. The highest BCUT2D eigenvalue weighted by atomic mass is 16.5. The molecule has 0 amide bonds. The number of hydrogen-bond acceptors (Lipinski definition) is 6. The van der Waals surface area contributed by atoms with Crippen LogP contribution < -0.4 is 5.32 Å². The first kappa shape index (κ1) is 22.9. The number of aromatic nitrogens is 1. The summed E-state index contributed by atoms with van der Waals surface area (Å²) in [4.78, 5) is 25.9. The number of ether oxygens (including phenoxy) is 1. The van der Waals surface area contributed by atoms with Gasteiger partial charge in [-0.05, 0) is 48.1 Å². The minimum Gasteiger partial charge on any atom is -0.461 e. The number of benzene rings is 3. The van der Waals surface area contributed by atoms with Gasteiger partial charge in [-0.3, -0.25) is 0 Å². The standard InChI is InChI=1S/C28H26N4O2/c1-3-34-28(33)25-16-23-20(2)14-15-24(31-19-29-17-21-10-6-4-7-11-21)26(23)27(32-25)30-18-22-12-8-5-9-13-22/h4-16H,3,17-18H2,1-2H3,(H,30,32). The minimum absolute atomic E-state index is 0.256. The van der Waals surface area contributed by atoms with E-state index in [0.717, 1.165) is 27.5 Å². The zero-order chi connectivity index (χ0) is 23.8. The summed E-state index contributed by atoms with van der Waals surface area (Å²) in [7, 11) is 0. The van der Waals surface area contributed by atoms with Gasteiger partial charge in [0, 0.05) is 6.54 Å². The topological polar surface area (TPSA) is 75.9 Å². The van der Waals surface area contributed by atoms with Gasteiger partial charge >= 0.3 is 5.97 Å². The second-order valence-corrected chi connectivity index (χ2v) is 7.75. The second kappa shape index (κ2) is 11.0. The molecule has 4 aromatic rings. The SMILES string of the molecule is CCOC(=O)c1cc2c(C)ccc(N=C=NCc3ccccc3)c2c(NCc2ccccc2)n1. The number of fused-ring (bicyclic) bond motifs is 1.